The summed E-state index contributed by atoms with van der Waals surface area (Å²) in [5, 5.41) is 22.0. The number of anilines is 1. The number of hydrogen-bond acceptors (Lipinski definition) is 6. The Labute approximate surface area is 133 Å². The number of ether oxygens (including phenoxy) is 1. The number of carbonyl (C=O) groups excluding carboxylic acids is 1. The predicted molar refractivity (Wildman–Crippen MR) is 82.5 cm³/mol. The highest BCUT2D eigenvalue weighted by Gasteiger charge is 2.73. The van der Waals surface area contributed by atoms with Crippen molar-refractivity contribution in [1.29, 1.82) is 0 Å². The van der Waals surface area contributed by atoms with Crippen LogP contribution in [-0.2, 0) is 16.6 Å². The molecule has 6 heteroatoms. The van der Waals surface area contributed by atoms with Gasteiger partial charge in [-0.3, -0.25) is 4.79 Å². The Morgan fingerprint density at radius 3 is 3.00 bits per heavy atom. The van der Waals surface area contributed by atoms with Gasteiger partial charge in [0.1, 0.15) is 0 Å². The fourth-order valence-electron chi connectivity index (χ4n) is 5.65. The molecule has 0 unspecified atom stereocenters. The van der Waals surface area contributed by atoms with E-state index < -0.39 is 17.1 Å². The summed E-state index contributed by atoms with van der Waals surface area (Å²) in [6.45, 7) is 0.786. The monoisotopic (exact) mass is 316 g/mol. The highest BCUT2D eigenvalue weighted by molar-refractivity contribution is 5.90. The average Bonchev–Trinajstić information content (AvgIpc) is 2.85. The number of nitrogens with zero attached hydrogens (tertiary/aromatic N) is 1. The zero-order valence-electron chi connectivity index (χ0n) is 13.0. The maximum Gasteiger partial charge on any atom is 0.174 e. The van der Waals surface area contributed by atoms with Crippen molar-refractivity contribution in [3.63, 3.8) is 0 Å². The number of nitrogen functional groups attached to an aromatic ring is 1. The van der Waals surface area contributed by atoms with Gasteiger partial charge in [-0.2, -0.15) is 0 Å². The molecular weight excluding hydrogens is 296 g/mol. The number of aromatic hydroxyl groups is 1. The molecule has 2 aliphatic heterocycles. The molecule has 2 fully saturated rings. The molecule has 2 heterocycles. The van der Waals surface area contributed by atoms with Crippen LogP contribution in [0.4, 0.5) is 5.69 Å². The maximum atomic E-state index is 12.6. The van der Waals surface area contributed by atoms with Crippen LogP contribution in [0, 0.1) is 0 Å². The van der Waals surface area contributed by atoms with Crippen LogP contribution < -0.4 is 10.5 Å². The average molecular weight is 316 g/mol. The maximum absolute atomic E-state index is 12.6. The molecule has 4 N–H and O–H groups in total. The Kier molecular flexibility index (Phi) is 2.26. The Bertz CT molecular complexity index is 763. The first-order chi connectivity index (χ1) is 10.9. The minimum absolute atomic E-state index is 0.0139. The number of aliphatic hydroxyl groups is 1. The van der Waals surface area contributed by atoms with E-state index in [1.165, 1.54) is 6.07 Å². The summed E-state index contributed by atoms with van der Waals surface area (Å²) in [5.74, 6) is 0.341. The molecule has 1 aromatic rings. The van der Waals surface area contributed by atoms with Crippen LogP contribution in [0.5, 0.6) is 11.5 Å². The van der Waals surface area contributed by atoms with Crippen molar-refractivity contribution in [2.75, 3.05) is 19.3 Å². The number of rotatable bonds is 0. The molecule has 2 bridgehead atoms. The second kappa shape index (κ2) is 3.82. The lowest BCUT2D eigenvalue weighted by Crippen LogP contribution is -2.76. The quantitative estimate of drug-likeness (QED) is 0.597. The van der Waals surface area contributed by atoms with Gasteiger partial charge < -0.3 is 25.6 Å². The number of ketones is 1. The Morgan fingerprint density at radius 2 is 2.22 bits per heavy atom. The number of carbonyl (C=O) groups is 1. The third-order valence-corrected chi connectivity index (χ3v) is 6.69. The summed E-state index contributed by atoms with van der Waals surface area (Å²) in [7, 11) is 2.01. The normalized spacial score (nSPS) is 40.7. The van der Waals surface area contributed by atoms with E-state index in [9.17, 15) is 15.0 Å². The number of likely N-dealkylation sites (tertiary alicyclic amines) is 1. The van der Waals surface area contributed by atoms with E-state index in [4.69, 9.17) is 10.5 Å². The molecule has 1 aromatic carbocycles. The topological polar surface area (TPSA) is 96.0 Å². The highest BCUT2D eigenvalue weighted by Crippen LogP contribution is 2.65. The number of likely N-dealkylation sites (N-methyl/N-ethyl adjacent to an activating group) is 1. The lowest BCUT2D eigenvalue weighted by molar-refractivity contribution is -0.185. The van der Waals surface area contributed by atoms with E-state index in [-0.39, 0.29) is 17.6 Å². The Hall–Kier alpha value is -1.79. The van der Waals surface area contributed by atoms with E-state index in [0.717, 1.165) is 17.7 Å². The molecule has 122 valence electrons. The number of phenolic OH excluding ortho intramolecular Hbond substituents is 1. The van der Waals surface area contributed by atoms with Gasteiger partial charge in [-0.1, -0.05) is 0 Å². The molecule has 0 aromatic heterocycles. The molecule has 1 saturated heterocycles. The molecular formula is C17H20N2O4. The van der Waals surface area contributed by atoms with E-state index >= 15 is 0 Å². The van der Waals surface area contributed by atoms with Gasteiger partial charge in [0, 0.05) is 29.8 Å². The lowest BCUT2D eigenvalue weighted by atomic mass is 9.49. The summed E-state index contributed by atoms with van der Waals surface area (Å²) in [6, 6.07) is 1.42. The second-order valence-corrected chi connectivity index (χ2v) is 7.48. The molecule has 0 amide bonds. The van der Waals surface area contributed by atoms with Crippen LogP contribution in [0.2, 0.25) is 0 Å². The largest absolute Gasteiger partial charge is 0.504 e. The van der Waals surface area contributed by atoms with Gasteiger partial charge in [-0.05, 0) is 38.4 Å². The van der Waals surface area contributed by atoms with Crippen molar-refractivity contribution in [2.45, 2.75) is 48.8 Å². The summed E-state index contributed by atoms with van der Waals surface area (Å²) < 4.78 is 5.94. The highest BCUT2D eigenvalue weighted by atomic mass is 16.5. The molecule has 2 aliphatic carbocycles. The molecule has 4 aliphatic rings. The van der Waals surface area contributed by atoms with E-state index in [0.29, 0.717) is 37.1 Å². The summed E-state index contributed by atoms with van der Waals surface area (Å²) in [5.41, 5.74) is 6.63. The molecule has 4 atom stereocenters. The first kappa shape index (κ1) is 13.6. The van der Waals surface area contributed by atoms with Gasteiger partial charge >= 0.3 is 0 Å². The standard InChI is InChI=1S/C17H20N2O4/c1-19-5-4-16-13-8-6-12(19)17(16,22)3-2-10(20)15(16)23-14(13)11(21)7-9(8)18/h7,12,15,21-22H,2-6,18H2,1H3/t12-,15+,16+,17-/m1/s1. The Morgan fingerprint density at radius 1 is 1.43 bits per heavy atom. The van der Waals surface area contributed by atoms with Crippen molar-refractivity contribution >= 4 is 11.5 Å². The SMILES string of the molecule is CN1CC[C@]23c4c5c(N)cc(O)c4O[C@H]2C(=O)CC[C@@]3(O)[C@H]1C5. The zero-order valence-corrected chi connectivity index (χ0v) is 13.0. The van der Waals surface area contributed by atoms with E-state index in [1.54, 1.807) is 0 Å². The molecule has 5 rings (SSSR count). The summed E-state index contributed by atoms with van der Waals surface area (Å²) in [4.78, 5) is 14.7. The third kappa shape index (κ3) is 1.25. The summed E-state index contributed by atoms with van der Waals surface area (Å²) >= 11 is 0. The molecule has 1 saturated carbocycles. The second-order valence-electron chi connectivity index (χ2n) is 7.48. The van der Waals surface area contributed by atoms with Crippen molar-refractivity contribution in [3.05, 3.63) is 17.2 Å². The molecule has 6 nitrogen and oxygen atoms in total. The van der Waals surface area contributed by atoms with Crippen LogP contribution in [0.1, 0.15) is 30.4 Å². The van der Waals surface area contributed by atoms with Crippen LogP contribution in [0.3, 0.4) is 0 Å². The first-order valence-corrected chi connectivity index (χ1v) is 8.17. The molecule has 1 spiro atoms. The van der Waals surface area contributed by atoms with Crippen LogP contribution >= 0.6 is 0 Å². The lowest BCUT2D eigenvalue weighted by Gasteiger charge is -2.62. The van der Waals surface area contributed by atoms with Crippen LogP contribution in [0.25, 0.3) is 0 Å². The number of benzene rings is 1. The van der Waals surface area contributed by atoms with Gasteiger partial charge in [0.05, 0.1) is 11.0 Å². The van der Waals surface area contributed by atoms with Gasteiger partial charge in [0.15, 0.2) is 23.4 Å². The van der Waals surface area contributed by atoms with Crippen molar-refractivity contribution in [2.24, 2.45) is 0 Å². The van der Waals surface area contributed by atoms with Crippen molar-refractivity contribution in [3.8, 4) is 11.5 Å². The minimum Gasteiger partial charge on any atom is -0.504 e. The number of Topliss-reactive ketones (excluding diaryl/α,β-unsaturated/α-hetero) is 1. The smallest absolute Gasteiger partial charge is 0.174 e. The number of hydrogen-bond donors (Lipinski definition) is 3. The van der Waals surface area contributed by atoms with Crippen molar-refractivity contribution in [1.82, 2.24) is 4.90 Å². The number of piperidine rings is 1. The number of nitrogens with two attached hydrogens (primary N) is 1. The van der Waals surface area contributed by atoms with Gasteiger partial charge in [0.25, 0.3) is 0 Å². The molecule has 0 radical (unpaired) electrons. The van der Waals surface area contributed by atoms with E-state index in [1.807, 2.05) is 7.05 Å². The zero-order chi connectivity index (χ0) is 16.1. The predicted octanol–water partition coefficient (Wildman–Crippen LogP) is 0.327. The van der Waals surface area contributed by atoms with Crippen LogP contribution in [0.15, 0.2) is 6.07 Å². The van der Waals surface area contributed by atoms with Gasteiger partial charge in [0.2, 0.25) is 0 Å². The first-order valence-electron chi connectivity index (χ1n) is 8.17. The van der Waals surface area contributed by atoms with Crippen molar-refractivity contribution < 1.29 is 19.7 Å². The minimum atomic E-state index is -1.02. The van der Waals surface area contributed by atoms with E-state index in [2.05, 4.69) is 4.90 Å². The molecule has 23 heavy (non-hydrogen) atoms. The number of phenols is 1. The summed E-state index contributed by atoms with van der Waals surface area (Å²) in [6.07, 6.45) is 1.30. The van der Waals surface area contributed by atoms with Gasteiger partial charge in [-0.25, -0.2) is 0 Å². The third-order valence-electron chi connectivity index (χ3n) is 6.69. The fraction of sp³-hybridized carbons (Fsp3) is 0.588. The fourth-order valence-corrected chi connectivity index (χ4v) is 5.65. The van der Waals surface area contributed by atoms with Crippen LogP contribution in [-0.4, -0.2) is 52.2 Å². The van der Waals surface area contributed by atoms with Gasteiger partial charge in [-0.15, -0.1) is 0 Å². The Balaban J connectivity index is 1.90.